The molecule has 2 fully saturated rings. The molecule has 4 rings (SSSR count). The van der Waals surface area contributed by atoms with Gasteiger partial charge in [0, 0.05) is 50.7 Å². The first-order valence-electron chi connectivity index (χ1n) is 10.8. The van der Waals surface area contributed by atoms with Gasteiger partial charge < -0.3 is 9.64 Å². The molecule has 0 radical (unpaired) electrons. The fourth-order valence-electron chi connectivity index (χ4n) is 4.24. The maximum Gasteiger partial charge on any atom is 0.240 e. The average Bonchev–Trinajstić information content (AvgIpc) is 2.73. The smallest absolute Gasteiger partial charge is 0.240 e. The third-order valence-electron chi connectivity index (χ3n) is 6.21. The number of carbonyl (C=O) groups excluding carboxylic acids is 1. The monoisotopic (exact) mass is 443 g/mol. The van der Waals surface area contributed by atoms with E-state index in [0.717, 1.165) is 37.1 Å². The number of sulfonamides is 1. The fourth-order valence-corrected chi connectivity index (χ4v) is 5.50. The lowest BCUT2D eigenvalue weighted by Gasteiger charge is -2.36. The van der Waals surface area contributed by atoms with Crippen LogP contribution in [-0.2, 0) is 14.8 Å². The van der Waals surface area contributed by atoms with Gasteiger partial charge in [0.25, 0.3) is 0 Å². The van der Waals surface area contributed by atoms with Gasteiger partial charge in [-0.2, -0.15) is 0 Å². The van der Waals surface area contributed by atoms with Gasteiger partial charge >= 0.3 is 0 Å². The van der Waals surface area contributed by atoms with E-state index in [2.05, 4.69) is 9.71 Å². The number of amides is 1. The Morgan fingerprint density at radius 3 is 2.45 bits per heavy atom. The first kappa shape index (κ1) is 21.8. The van der Waals surface area contributed by atoms with Crippen LogP contribution in [0.15, 0.2) is 47.5 Å². The number of pyridine rings is 1. The van der Waals surface area contributed by atoms with Crippen LogP contribution in [0.2, 0.25) is 0 Å². The summed E-state index contributed by atoms with van der Waals surface area (Å²) in [6.45, 7) is 5.04. The summed E-state index contributed by atoms with van der Waals surface area (Å²) in [5, 5.41) is 0. The van der Waals surface area contributed by atoms with Crippen molar-refractivity contribution < 1.29 is 17.9 Å². The molecule has 7 nitrogen and oxygen atoms in total. The summed E-state index contributed by atoms with van der Waals surface area (Å²) in [5.74, 6) is 1.07. The van der Waals surface area contributed by atoms with E-state index in [1.807, 2.05) is 24.0 Å². The zero-order valence-electron chi connectivity index (χ0n) is 18.0. The standard InChI is InChI=1S/C23H29N3O4S/c1-16-5-7-21(8-6-16)31(28,29)25-19-14-20(15-19)30-23-22(4-3-11-24-23)18-9-12-26(13-10-18)17(2)27/h3-8,11,18-20,25H,9-10,12-15H2,1-2H3/t19-,20+. The maximum atomic E-state index is 12.6. The molecule has 2 heterocycles. The third kappa shape index (κ3) is 5.07. The van der Waals surface area contributed by atoms with Crippen LogP contribution in [0.3, 0.4) is 0 Å². The van der Waals surface area contributed by atoms with E-state index in [1.54, 1.807) is 37.4 Å². The predicted octanol–water partition coefficient (Wildman–Crippen LogP) is 3.00. The highest BCUT2D eigenvalue weighted by molar-refractivity contribution is 7.89. The van der Waals surface area contributed by atoms with Gasteiger partial charge in [0.2, 0.25) is 21.8 Å². The minimum Gasteiger partial charge on any atom is -0.474 e. The van der Waals surface area contributed by atoms with Crippen molar-refractivity contribution in [2.75, 3.05) is 13.1 Å². The van der Waals surface area contributed by atoms with Crippen molar-refractivity contribution in [3.8, 4) is 5.88 Å². The number of likely N-dealkylation sites (tertiary alicyclic amines) is 1. The van der Waals surface area contributed by atoms with E-state index >= 15 is 0 Å². The van der Waals surface area contributed by atoms with E-state index in [0.29, 0.717) is 24.6 Å². The fraction of sp³-hybridized carbons (Fsp3) is 0.478. The number of carbonyl (C=O) groups is 1. The van der Waals surface area contributed by atoms with E-state index in [-0.39, 0.29) is 22.9 Å². The zero-order valence-corrected chi connectivity index (χ0v) is 18.8. The second-order valence-corrected chi connectivity index (χ2v) is 10.2. The van der Waals surface area contributed by atoms with Gasteiger partial charge in [-0.3, -0.25) is 4.79 Å². The number of aromatic nitrogens is 1. The highest BCUT2D eigenvalue weighted by atomic mass is 32.2. The van der Waals surface area contributed by atoms with Gasteiger partial charge in [-0.15, -0.1) is 0 Å². The maximum absolute atomic E-state index is 12.6. The number of rotatable bonds is 6. The Hall–Kier alpha value is -2.45. The Labute approximate surface area is 183 Å². The molecule has 1 aliphatic heterocycles. The predicted molar refractivity (Wildman–Crippen MR) is 117 cm³/mol. The van der Waals surface area contributed by atoms with Gasteiger partial charge in [0.1, 0.15) is 6.10 Å². The largest absolute Gasteiger partial charge is 0.474 e. The van der Waals surface area contributed by atoms with Crippen LogP contribution in [0.4, 0.5) is 0 Å². The Morgan fingerprint density at radius 2 is 1.81 bits per heavy atom. The summed E-state index contributed by atoms with van der Waals surface area (Å²) in [7, 11) is -3.52. The highest BCUT2D eigenvalue weighted by Gasteiger charge is 2.35. The molecule has 8 heteroatoms. The Bertz CT molecular complexity index is 1030. The van der Waals surface area contributed by atoms with Crippen molar-refractivity contribution in [3.63, 3.8) is 0 Å². The van der Waals surface area contributed by atoms with Crippen molar-refractivity contribution in [1.29, 1.82) is 0 Å². The number of nitrogens with zero attached hydrogens (tertiary/aromatic N) is 2. The second kappa shape index (κ2) is 8.96. The number of ether oxygens (including phenoxy) is 1. The molecule has 1 aromatic carbocycles. The van der Waals surface area contributed by atoms with Crippen molar-refractivity contribution in [1.82, 2.24) is 14.6 Å². The topological polar surface area (TPSA) is 88.6 Å². The molecule has 31 heavy (non-hydrogen) atoms. The molecular formula is C23H29N3O4S. The van der Waals surface area contributed by atoms with Crippen LogP contribution < -0.4 is 9.46 Å². The van der Waals surface area contributed by atoms with E-state index in [1.165, 1.54) is 0 Å². The van der Waals surface area contributed by atoms with E-state index < -0.39 is 10.0 Å². The van der Waals surface area contributed by atoms with Crippen molar-refractivity contribution in [2.24, 2.45) is 0 Å². The molecule has 1 aromatic heterocycles. The number of nitrogens with one attached hydrogen (secondary N) is 1. The van der Waals surface area contributed by atoms with E-state index in [9.17, 15) is 13.2 Å². The molecule has 166 valence electrons. The number of hydrogen-bond donors (Lipinski definition) is 1. The van der Waals surface area contributed by atoms with Crippen molar-refractivity contribution >= 4 is 15.9 Å². The number of benzene rings is 1. The number of aryl methyl sites for hydroxylation is 1. The molecule has 0 unspecified atom stereocenters. The van der Waals surface area contributed by atoms with Crippen LogP contribution in [0.5, 0.6) is 5.88 Å². The Balaban J connectivity index is 1.33. The Kier molecular flexibility index (Phi) is 6.29. The number of piperidine rings is 1. The van der Waals surface area contributed by atoms with Crippen LogP contribution in [0.25, 0.3) is 0 Å². The molecule has 0 atom stereocenters. The molecular weight excluding hydrogens is 414 g/mol. The van der Waals surface area contributed by atoms with Crippen LogP contribution in [0.1, 0.15) is 49.7 Å². The average molecular weight is 444 g/mol. The van der Waals surface area contributed by atoms with Gasteiger partial charge in [0.15, 0.2) is 0 Å². The zero-order chi connectivity index (χ0) is 22.0. The van der Waals surface area contributed by atoms with Crippen LogP contribution in [0, 0.1) is 6.92 Å². The minimum absolute atomic E-state index is 0.0586. The molecule has 1 N–H and O–H groups in total. The van der Waals surface area contributed by atoms with Crippen molar-refractivity contribution in [3.05, 3.63) is 53.7 Å². The first-order valence-corrected chi connectivity index (χ1v) is 12.3. The van der Waals surface area contributed by atoms with E-state index in [4.69, 9.17) is 4.74 Å². The quantitative estimate of drug-likeness (QED) is 0.741. The van der Waals surface area contributed by atoms with Crippen LogP contribution in [-0.4, -0.2) is 49.4 Å². The second-order valence-electron chi connectivity index (χ2n) is 8.52. The van der Waals surface area contributed by atoms with Gasteiger partial charge in [-0.1, -0.05) is 23.8 Å². The lowest BCUT2D eigenvalue weighted by Crippen LogP contribution is -2.49. The lowest BCUT2D eigenvalue weighted by atomic mass is 9.88. The molecule has 1 saturated carbocycles. The molecule has 2 aliphatic rings. The van der Waals surface area contributed by atoms with Crippen molar-refractivity contribution in [2.45, 2.75) is 62.5 Å². The molecule has 2 aromatic rings. The summed E-state index contributed by atoms with van der Waals surface area (Å²) in [6.07, 6.45) is 4.68. The molecule has 1 saturated heterocycles. The minimum atomic E-state index is -3.52. The SMILES string of the molecule is CC(=O)N1CCC(c2cccnc2O[C@H]2C[C@@H](NS(=O)(=O)c3ccc(C)cc3)C2)CC1. The Morgan fingerprint density at radius 1 is 1.13 bits per heavy atom. The van der Waals surface area contributed by atoms with Gasteiger partial charge in [-0.25, -0.2) is 18.1 Å². The summed E-state index contributed by atoms with van der Waals surface area (Å²) in [4.78, 5) is 18.2. The van der Waals surface area contributed by atoms with Gasteiger partial charge in [-0.05, 0) is 43.9 Å². The molecule has 1 amide bonds. The summed E-state index contributed by atoms with van der Waals surface area (Å²) in [5.41, 5.74) is 2.10. The molecule has 1 aliphatic carbocycles. The molecule has 0 spiro atoms. The summed E-state index contributed by atoms with van der Waals surface area (Å²) >= 11 is 0. The molecule has 0 bridgehead atoms. The first-order chi connectivity index (χ1) is 14.8. The van der Waals surface area contributed by atoms with Crippen LogP contribution >= 0.6 is 0 Å². The number of hydrogen-bond acceptors (Lipinski definition) is 5. The highest BCUT2D eigenvalue weighted by Crippen LogP contribution is 2.35. The lowest BCUT2D eigenvalue weighted by molar-refractivity contribution is -0.129. The summed E-state index contributed by atoms with van der Waals surface area (Å²) < 4.78 is 34.0. The summed E-state index contributed by atoms with van der Waals surface area (Å²) in [6, 6.07) is 10.7. The third-order valence-corrected chi connectivity index (χ3v) is 7.74. The normalized spacial score (nSPS) is 22.1. The van der Waals surface area contributed by atoms with Gasteiger partial charge in [0.05, 0.1) is 4.90 Å².